The van der Waals surface area contributed by atoms with E-state index in [2.05, 4.69) is 20.2 Å². The highest BCUT2D eigenvalue weighted by Crippen LogP contribution is 2.22. The van der Waals surface area contributed by atoms with E-state index in [4.69, 9.17) is 11.6 Å². The molecule has 2 heterocycles. The van der Waals surface area contributed by atoms with Crippen LogP contribution < -0.4 is 10.2 Å². The Morgan fingerprint density at radius 1 is 1.32 bits per heavy atom. The number of aromatic hydroxyl groups is 1. The van der Waals surface area contributed by atoms with Crippen LogP contribution in [0.4, 0.5) is 5.95 Å². The molecule has 2 N–H and O–H groups in total. The molecule has 1 aliphatic heterocycles. The van der Waals surface area contributed by atoms with E-state index in [1.165, 1.54) is 0 Å². The Hall–Kier alpha value is -1.85. The van der Waals surface area contributed by atoms with E-state index in [0.717, 1.165) is 37.4 Å². The summed E-state index contributed by atoms with van der Waals surface area (Å²) in [7, 11) is 0. The van der Waals surface area contributed by atoms with Gasteiger partial charge in [0.1, 0.15) is 5.75 Å². The lowest BCUT2D eigenvalue weighted by atomic mass is 10.1. The monoisotopic (exact) mass is 318 g/mol. The molecule has 0 spiro atoms. The summed E-state index contributed by atoms with van der Waals surface area (Å²) in [6.45, 7) is 2.44. The Kier molecular flexibility index (Phi) is 4.75. The first kappa shape index (κ1) is 15.1. The van der Waals surface area contributed by atoms with E-state index in [0.29, 0.717) is 17.6 Å². The van der Waals surface area contributed by atoms with Crippen LogP contribution in [0.5, 0.6) is 5.75 Å². The van der Waals surface area contributed by atoms with Crippen LogP contribution >= 0.6 is 11.6 Å². The molecule has 1 aromatic heterocycles. The minimum absolute atomic E-state index is 0.274. The van der Waals surface area contributed by atoms with Gasteiger partial charge in [-0.25, -0.2) is 9.97 Å². The average Bonchev–Trinajstić information content (AvgIpc) is 2.57. The fourth-order valence-corrected chi connectivity index (χ4v) is 2.92. The van der Waals surface area contributed by atoms with Crippen LogP contribution in [0.3, 0.4) is 0 Å². The Morgan fingerprint density at radius 2 is 2.14 bits per heavy atom. The molecule has 22 heavy (non-hydrogen) atoms. The van der Waals surface area contributed by atoms with Gasteiger partial charge in [0.2, 0.25) is 5.95 Å². The maximum Gasteiger partial charge on any atom is 0.225 e. The second-order valence-electron chi connectivity index (χ2n) is 5.49. The molecule has 6 heteroatoms. The Labute approximate surface area is 135 Å². The summed E-state index contributed by atoms with van der Waals surface area (Å²) >= 11 is 5.98. The predicted octanol–water partition coefficient (Wildman–Crippen LogP) is 2.59. The van der Waals surface area contributed by atoms with Crippen LogP contribution in [0.25, 0.3) is 0 Å². The summed E-state index contributed by atoms with van der Waals surface area (Å²) in [5, 5.41) is 14.0. The summed E-state index contributed by atoms with van der Waals surface area (Å²) in [5.74, 6) is 1.05. The van der Waals surface area contributed by atoms with Gasteiger partial charge in [0, 0.05) is 48.7 Å². The van der Waals surface area contributed by atoms with Crippen molar-refractivity contribution >= 4 is 17.5 Å². The number of nitrogens with one attached hydrogen (secondary N) is 1. The standard InChI is InChI=1S/C16H19ClN4O/c17-13-4-5-15(22)12(9-13)10-20-14-3-1-8-21(11-14)16-18-6-2-7-19-16/h2,4-7,9,14,20,22H,1,3,8,10-11H2. The largest absolute Gasteiger partial charge is 0.508 e. The summed E-state index contributed by atoms with van der Waals surface area (Å²) in [6, 6.07) is 7.28. The fraction of sp³-hybridized carbons (Fsp3) is 0.375. The normalized spacial score (nSPS) is 18.4. The number of benzene rings is 1. The molecule has 1 saturated heterocycles. The van der Waals surface area contributed by atoms with Crippen LogP contribution in [0.15, 0.2) is 36.7 Å². The highest BCUT2D eigenvalue weighted by atomic mass is 35.5. The number of hydrogen-bond acceptors (Lipinski definition) is 5. The van der Waals surface area contributed by atoms with Gasteiger partial charge >= 0.3 is 0 Å². The summed E-state index contributed by atoms with van der Waals surface area (Å²) in [5.41, 5.74) is 0.820. The van der Waals surface area contributed by atoms with Crippen LogP contribution in [0, 0.1) is 0 Å². The fourth-order valence-electron chi connectivity index (χ4n) is 2.73. The van der Waals surface area contributed by atoms with Crippen molar-refractivity contribution < 1.29 is 5.11 Å². The molecular weight excluding hydrogens is 300 g/mol. The molecule has 0 saturated carbocycles. The number of nitrogens with zero attached hydrogens (tertiary/aromatic N) is 3. The van der Waals surface area contributed by atoms with Gasteiger partial charge in [0.25, 0.3) is 0 Å². The third-order valence-corrected chi connectivity index (χ3v) is 4.11. The van der Waals surface area contributed by atoms with Crippen molar-refractivity contribution in [2.24, 2.45) is 0 Å². The highest BCUT2D eigenvalue weighted by molar-refractivity contribution is 6.30. The molecular formula is C16H19ClN4O. The minimum atomic E-state index is 0.274. The summed E-state index contributed by atoms with van der Waals surface area (Å²) < 4.78 is 0. The molecule has 5 nitrogen and oxygen atoms in total. The Balaban J connectivity index is 1.60. The van der Waals surface area contributed by atoms with Gasteiger partial charge in [-0.2, -0.15) is 0 Å². The molecule has 1 fully saturated rings. The minimum Gasteiger partial charge on any atom is -0.508 e. The quantitative estimate of drug-likeness (QED) is 0.907. The van der Waals surface area contributed by atoms with Crippen molar-refractivity contribution in [1.82, 2.24) is 15.3 Å². The number of phenolic OH excluding ortho intramolecular Hbond substituents is 1. The lowest BCUT2D eigenvalue weighted by Gasteiger charge is -2.33. The molecule has 1 aliphatic rings. The van der Waals surface area contributed by atoms with Gasteiger partial charge in [-0.15, -0.1) is 0 Å². The molecule has 2 aromatic rings. The van der Waals surface area contributed by atoms with Crippen LogP contribution in [-0.2, 0) is 6.54 Å². The van der Waals surface area contributed by atoms with Crippen LogP contribution in [-0.4, -0.2) is 34.2 Å². The van der Waals surface area contributed by atoms with Crippen LogP contribution in [0.1, 0.15) is 18.4 Å². The second kappa shape index (κ2) is 6.94. The topological polar surface area (TPSA) is 61.3 Å². The van der Waals surface area contributed by atoms with E-state index in [9.17, 15) is 5.11 Å². The third-order valence-electron chi connectivity index (χ3n) is 3.88. The van der Waals surface area contributed by atoms with Crippen molar-refractivity contribution in [3.05, 3.63) is 47.2 Å². The lowest BCUT2D eigenvalue weighted by molar-refractivity contribution is 0.410. The average molecular weight is 319 g/mol. The van der Waals surface area contributed by atoms with Crippen molar-refractivity contribution in [1.29, 1.82) is 0 Å². The number of anilines is 1. The van der Waals surface area contributed by atoms with E-state index < -0.39 is 0 Å². The number of rotatable bonds is 4. The maximum absolute atomic E-state index is 9.87. The maximum atomic E-state index is 9.87. The number of phenols is 1. The van der Waals surface area contributed by atoms with E-state index >= 15 is 0 Å². The third kappa shape index (κ3) is 3.67. The molecule has 116 valence electrons. The zero-order chi connectivity index (χ0) is 15.4. The Morgan fingerprint density at radius 3 is 2.95 bits per heavy atom. The van der Waals surface area contributed by atoms with Crippen molar-refractivity contribution in [3.63, 3.8) is 0 Å². The van der Waals surface area contributed by atoms with Crippen LogP contribution in [0.2, 0.25) is 5.02 Å². The number of aromatic nitrogens is 2. The van der Waals surface area contributed by atoms with Gasteiger partial charge in [-0.3, -0.25) is 0 Å². The number of hydrogen-bond donors (Lipinski definition) is 2. The SMILES string of the molecule is Oc1ccc(Cl)cc1CNC1CCCN(c2ncccn2)C1. The first-order valence-corrected chi connectivity index (χ1v) is 7.83. The predicted molar refractivity (Wildman–Crippen MR) is 87.2 cm³/mol. The van der Waals surface area contributed by atoms with Gasteiger partial charge in [0.15, 0.2) is 0 Å². The van der Waals surface area contributed by atoms with Gasteiger partial charge < -0.3 is 15.3 Å². The summed E-state index contributed by atoms with van der Waals surface area (Å²) in [6.07, 6.45) is 5.73. The van der Waals surface area contributed by atoms with Gasteiger partial charge in [-0.05, 0) is 37.1 Å². The van der Waals surface area contributed by atoms with Crippen molar-refractivity contribution in [3.8, 4) is 5.75 Å². The van der Waals surface area contributed by atoms with Crippen molar-refractivity contribution in [2.45, 2.75) is 25.4 Å². The molecule has 0 aliphatic carbocycles. The zero-order valence-corrected chi connectivity index (χ0v) is 13.0. The van der Waals surface area contributed by atoms with Crippen molar-refractivity contribution in [2.75, 3.05) is 18.0 Å². The number of piperidine rings is 1. The van der Waals surface area contributed by atoms with E-state index in [1.807, 2.05) is 6.07 Å². The number of halogens is 1. The van der Waals surface area contributed by atoms with E-state index in [-0.39, 0.29) is 5.75 Å². The molecule has 1 atom stereocenters. The zero-order valence-electron chi connectivity index (χ0n) is 12.2. The smallest absolute Gasteiger partial charge is 0.225 e. The second-order valence-corrected chi connectivity index (χ2v) is 5.92. The Bertz CT molecular complexity index is 623. The van der Waals surface area contributed by atoms with E-state index in [1.54, 1.807) is 30.6 Å². The lowest BCUT2D eigenvalue weighted by Crippen LogP contribution is -2.46. The molecule has 0 radical (unpaired) electrons. The highest BCUT2D eigenvalue weighted by Gasteiger charge is 2.21. The van der Waals surface area contributed by atoms with Gasteiger partial charge in [0.05, 0.1) is 0 Å². The molecule has 1 aromatic carbocycles. The molecule has 0 amide bonds. The molecule has 3 rings (SSSR count). The molecule has 0 bridgehead atoms. The summed E-state index contributed by atoms with van der Waals surface area (Å²) in [4.78, 5) is 10.8. The first-order valence-electron chi connectivity index (χ1n) is 7.45. The van der Waals surface area contributed by atoms with Gasteiger partial charge in [-0.1, -0.05) is 11.6 Å². The molecule has 1 unspecified atom stereocenters. The first-order chi connectivity index (χ1) is 10.7.